The molecule has 0 aliphatic heterocycles. The first-order valence-corrected chi connectivity index (χ1v) is 10.5. The summed E-state index contributed by atoms with van der Waals surface area (Å²) in [6, 6.07) is 26.2. The van der Waals surface area contributed by atoms with Crippen molar-refractivity contribution >= 4 is 32.8 Å². The summed E-state index contributed by atoms with van der Waals surface area (Å²) in [5.74, 6) is 0. The Labute approximate surface area is 174 Å². The quantitative estimate of drug-likeness (QED) is 0.365. The molecule has 3 aromatic carbocycles. The van der Waals surface area contributed by atoms with Gasteiger partial charge in [0.1, 0.15) is 5.65 Å². The maximum Gasteiger partial charge on any atom is 0.126 e. The van der Waals surface area contributed by atoms with Crippen LogP contribution in [0.1, 0.15) is 13.3 Å². The summed E-state index contributed by atoms with van der Waals surface area (Å²) in [6.07, 6.45) is 4.92. The van der Waals surface area contributed by atoms with Gasteiger partial charge < -0.3 is 4.57 Å². The molecule has 30 heavy (non-hydrogen) atoms. The summed E-state index contributed by atoms with van der Waals surface area (Å²) in [5.41, 5.74) is 7.27. The summed E-state index contributed by atoms with van der Waals surface area (Å²) in [6.45, 7) is 3.23. The zero-order valence-corrected chi connectivity index (χ0v) is 16.8. The molecular weight excluding hydrogens is 368 g/mol. The van der Waals surface area contributed by atoms with E-state index in [0.29, 0.717) is 0 Å². The molecule has 0 fully saturated rings. The van der Waals surface area contributed by atoms with Crippen molar-refractivity contribution in [1.82, 2.24) is 19.3 Å². The maximum atomic E-state index is 4.14. The molecule has 0 aliphatic carbocycles. The van der Waals surface area contributed by atoms with Crippen LogP contribution >= 0.6 is 0 Å². The van der Waals surface area contributed by atoms with Crippen LogP contribution in [0.5, 0.6) is 0 Å². The van der Waals surface area contributed by atoms with Crippen molar-refractivity contribution in [3.63, 3.8) is 0 Å². The van der Waals surface area contributed by atoms with Crippen molar-refractivity contribution < 1.29 is 0 Å². The number of hydrogen-bond donors (Lipinski definition) is 1. The van der Waals surface area contributed by atoms with Gasteiger partial charge in [0.2, 0.25) is 0 Å². The lowest BCUT2D eigenvalue weighted by Crippen LogP contribution is -2.02. The minimum absolute atomic E-state index is 0.988. The monoisotopic (exact) mass is 390 g/mol. The molecule has 0 amide bonds. The van der Waals surface area contributed by atoms with E-state index in [9.17, 15) is 0 Å². The van der Waals surface area contributed by atoms with E-state index in [-0.39, 0.29) is 0 Å². The van der Waals surface area contributed by atoms with Crippen molar-refractivity contribution in [2.45, 2.75) is 19.9 Å². The lowest BCUT2D eigenvalue weighted by atomic mass is 10.0. The smallest absolute Gasteiger partial charge is 0.126 e. The van der Waals surface area contributed by atoms with E-state index >= 15 is 0 Å². The molecule has 3 aromatic heterocycles. The molecule has 1 N–H and O–H groups in total. The number of aryl methyl sites for hydroxylation is 1. The highest BCUT2D eigenvalue weighted by atomic mass is 15.1. The number of nitrogens with zero attached hydrogens (tertiary/aromatic N) is 3. The van der Waals surface area contributed by atoms with Crippen molar-refractivity contribution in [1.29, 1.82) is 0 Å². The van der Waals surface area contributed by atoms with Crippen LogP contribution < -0.4 is 0 Å². The van der Waals surface area contributed by atoms with Gasteiger partial charge in [-0.3, -0.25) is 9.67 Å². The fourth-order valence-corrected chi connectivity index (χ4v) is 4.71. The Morgan fingerprint density at radius 3 is 2.47 bits per heavy atom. The lowest BCUT2D eigenvalue weighted by molar-refractivity contribution is 0.713. The zero-order chi connectivity index (χ0) is 20.1. The molecule has 4 heteroatoms. The van der Waals surface area contributed by atoms with Crippen molar-refractivity contribution in [3.05, 3.63) is 85.2 Å². The third kappa shape index (κ3) is 2.37. The van der Waals surface area contributed by atoms with E-state index in [2.05, 4.69) is 99.1 Å². The number of hydrogen-bond acceptors (Lipinski definition) is 1. The first-order chi connectivity index (χ1) is 14.9. The molecule has 0 saturated heterocycles. The number of aromatic amines is 1. The minimum Gasteiger partial charge on any atom is -0.326 e. The van der Waals surface area contributed by atoms with Gasteiger partial charge in [0.25, 0.3) is 0 Å². The summed E-state index contributed by atoms with van der Waals surface area (Å²) in [4.78, 5) is 0. The molecule has 6 aromatic rings. The molecule has 0 aliphatic rings. The molecule has 0 unspecified atom stereocenters. The van der Waals surface area contributed by atoms with Crippen LogP contribution in [0.4, 0.5) is 0 Å². The number of rotatable bonds is 4. The highest BCUT2D eigenvalue weighted by Gasteiger charge is 2.21. The molecule has 0 radical (unpaired) electrons. The van der Waals surface area contributed by atoms with Gasteiger partial charge in [-0.1, -0.05) is 49.4 Å². The largest absolute Gasteiger partial charge is 0.326 e. The Hall–Kier alpha value is -3.79. The van der Waals surface area contributed by atoms with Crippen molar-refractivity contribution in [2.24, 2.45) is 0 Å². The molecule has 4 nitrogen and oxygen atoms in total. The molecule has 0 atom stereocenters. The van der Waals surface area contributed by atoms with Crippen LogP contribution in [0.25, 0.3) is 49.7 Å². The fraction of sp³-hybridized carbons (Fsp3) is 0.115. The van der Waals surface area contributed by atoms with Gasteiger partial charge in [-0.2, -0.15) is 5.10 Å². The predicted molar refractivity (Wildman–Crippen MR) is 124 cm³/mol. The third-order valence-corrected chi connectivity index (χ3v) is 5.96. The van der Waals surface area contributed by atoms with Crippen LogP contribution in [0.3, 0.4) is 0 Å². The topological polar surface area (TPSA) is 38.5 Å². The normalized spacial score (nSPS) is 11.8. The molecule has 6 rings (SSSR count). The van der Waals surface area contributed by atoms with Crippen LogP contribution in [0.2, 0.25) is 0 Å². The highest BCUT2D eigenvalue weighted by Crippen LogP contribution is 2.40. The SMILES string of the molecule is CCCn1c2ccccc2c2c3cc(-c4cn[nH]c4)ccc3n(-c3ccccc3)c21. The van der Waals surface area contributed by atoms with Gasteiger partial charge >= 0.3 is 0 Å². The van der Waals surface area contributed by atoms with Crippen LogP contribution in [0.15, 0.2) is 85.2 Å². The van der Waals surface area contributed by atoms with Gasteiger partial charge in [-0.05, 0) is 42.3 Å². The summed E-state index contributed by atoms with van der Waals surface area (Å²) in [7, 11) is 0. The summed E-state index contributed by atoms with van der Waals surface area (Å²) < 4.78 is 4.90. The van der Waals surface area contributed by atoms with E-state index in [4.69, 9.17) is 0 Å². The minimum atomic E-state index is 0.988. The Bertz CT molecular complexity index is 1480. The van der Waals surface area contributed by atoms with E-state index in [1.807, 2.05) is 12.4 Å². The Kier molecular flexibility index (Phi) is 3.78. The number of para-hydroxylation sites is 2. The predicted octanol–water partition coefficient (Wildman–Crippen LogP) is 6.54. The second-order valence-corrected chi connectivity index (χ2v) is 7.76. The molecule has 0 bridgehead atoms. The molecule has 3 heterocycles. The van der Waals surface area contributed by atoms with Crippen LogP contribution in [-0.4, -0.2) is 19.3 Å². The lowest BCUT2D eigenvalue weighted by Gasteiger charge is -2.12. The first kappa shape index (κ1) is 17.1. The summed E-state index contributed by atoms with van der Waals surface area (Å²) >= 11 is 0. The number of H-pyrrole nitrogens is 1. The van der Waals surface area contributed by atoms with Crippen molar-refractivity contribution in [3.8, 4) is 16.8 Å². The summed E-state index contributed by atoms with van der Waals surface area (Å²) in [5, 5.41) is 11.0. The number of fused-ring (bicyclic) bond motifs is 5. The third-order valence-electron chi connectivity index (χ3n) is 5.96. The second kappa shape index (κ2) is 6.63. The van der Waals surface area contributed by atoms with Gasteiger partial charge in [-0.15, -0.1) is 0 Å². The Morgan fingerprint density at radius 1 is 0.833 bits per heavy atom. The van der Waals surface area contributed by atoms with Crippen LogP contribution in [-0.2, 0) is 6.54 Å². The van der Waals surface area contributed by atoms with Gasteiger partial charge in [0.15, 0.2) is 0 Å². The van der Waals surface area contributed by atoms with Crippen molar-refractivity contribution in [2.75, 3.05) is 0 Å². The molecule has 0 saturated carbocycles. The van der Waals surface area contributed by atoms with E-state index in [1.165, 1.54) is 44.1 Å². The second-order valence-electron chi connectivity index (χ2n) is 7.76. The standard InChI is InChI=1S/C26H22N4/c1-2-14-29-23-11-7-6-10-21(23)25-22-15-18(19-16-27-28-17-19)12-13-24(22)30(26(25)29)20-8-4-3-5-9-20/h3-13,15-17H,2,14H2,1H3,(H,27,28). The Morgan fingerprint density at radius 2 is 1.67 bits per heavy atom. The zero-order valence-electron chi connectivity index (χ0n) is 16.8. The number of nitrogens with one attached hydrogen (secondary N) is 1. The highest BCUT2D eigenvalue weighted by molar-refractivity contribution is 6.22. The van der Waals surface area contributed by atoms with Gasteiger partial charge in [-0.25, -0.2) is 0 Å². The Balaban J connectivity index is 1.82. The van der Waals surface area contributed by atoms with Crippen LogP contribution in [0, 0.1) is 0 Å². The number of aromatic nitrogens is 4. The maximum absolute atomic E-state index is 4.14. The van der Waals surface area contributed by atoms with Gasteiger partial charge in [0, 0.05) is 40.2 Å². The fourth-order valence-electron chi connectivity index (χ4n) is 4.71. The molecule has 146 valence electrons. The van der Waals surface area contributed by atoms with E-state index in [1.54, 1.807) is 0 Å². The average Bonchev–Trinajstić information content (AvgIpc) is 3.50. The first-order valence-electron chi connectivity index (χ1n) is 10.5. The van der Waals surface area contributed by atoms with E-state index < -0.39 is 0 Å². The average molecular weight is 390 g/mol. The van der Waals surface area contributed by atoms with E-state index in [0.717, 1.165) is 18.5 Å². The van der Waals surface area contributed by atoms with Gasteiger partial charge in [0.05, 0.1) is 17.2 Å². The number of benzene rings is 3. The molecule has 0 spiro atoms. The molecular formula is C26H22N4.